The first kappa shape index (κ1) is 24.9. The summed E-state index contributed by atoms with van der Waals surface area (Å²) in [5, 5.41) is 3.30. The zero-order valence-electron chi connectivity index (χ0n) is 19.3. The highest BCUT2D eigenvalue weighted by molar-refractivity contribution is 7.80. The quantitative estimate of drug-likeness (QED) is 0.493. The van der Waals surface area contributed by atoms with Crippen molar-refractivity contribution in [2.45, 2.75) is 38.6 Å². The fourth-order valence-corrected chi connectivity index (χ4v) is 4.63. The average Bonchev–Trinajstić information content (AvgIpc) is 2.99. The van der Waals surface area contributed by atoms with E-state index in [1.54, 1.807) is 31.3 Å². The summed E-state index contributed by atoms with van der Waals surface area (Å²) in [6.07, 6.45) is 2.40. The summed E-state index contributed by atoms with van der Waals surface area (Å²) >= 11 is 5.47. The molecule has 3 rings (SSSR count). The number of piperidine rings is 1. The van der Waals surface area contributed by atoms with Crippen LogP contribution >= 0.6 is 12.2 Å². The number of ether oxygens (including phenoxy) is 1. The van der Waals surface area contributed by atoms with Gasteiger partial charge in [0.25, 0.3) is 5.91 Å². The van der Waals surface area contributed by atoms with Gasteiger partial charge in [-0.25, -0.2) is 0 Å². The predicted octanol–water partition coefficient (Wildman–Crippen LogP) is 1.43. The molecule has 0 bridgehead atoms. The molecule has 33 heavy (non-hydrogen) atoms. The smallest absolute Gasteiger partial charge is 0.251 e. The minimum Gasteiger partial charge on any atom is -0.494 e. The van der Waals surface area contributed by atoms with E-state index in [2.05, 4.69) is 10.2 Å². The van der Waals surface area contributed by atoms with Gasteiger partial charge in [0.05, 0.1) is 13.0 Å². The molecule has 10 heteroatoms. The van der Waals surface area contributed by atoms with E-state index in [9.17, 15) is 14.4 Å². The predicted molar refractivity (Wildman–Crippen MR) is 130 cm³/mol. The molecule has 0 saturated carbocycles. The van der Waals surface area contributed by atoms with Crippen LogP contribution in [0.3, 0.4) is 0 Å². The molecule has 2 saturated heterocycles. The van der Waals surface area contributed by atoms with E-state index < -0.39 is 6.04 Å². The average molecular weight is 476 g/mol. The van der Waals surface area contributed by atoms with Gasteiger partial charge in [-0.1, -0.05) is 0 Å². The molecule has 1 aromatic carbocycles. The highest BCUT2D eigenvalue weighted by atomic mass is 32.1. The van der Waals surface area contributed by atoms with Crippen LogP contribution in [0.2, 0.25) is 0 Å². The van der Waals surface area contributed by atoms with Gasteiger partial charge in [0.1, 0.15) is 11.8 Å². The summed E-state index contributed by atoms with van der Waals surface area (Å²) < 4.78 is 5.41. The Morgan fingerprint density at radius 3 is 2.45 bits per heavy atom. The number of nitrogens with two attached hydrogens (primary N) is 1. The summed E-state index contributed by atoms with van der Waals surface area (Å²) in [5.74, 6) is 0.0821. The molecule has 2 aliphatic heterocycles. The van der Waals surface area contributed by atoms with Crippen LogP contribution in [0.5, 0.6) is 5.75 Å². The van der Waals surface area contributed by atoms with Gasteiger partial charge >= 0.3 is 0 Å². The van der Waals surface area contributed by atoms with E-state index in [0.29, 0.717) is 24.0 Å². The van der Waals surface area contributed by atoms with E-state index in [0.717, 1.165) is 44.6 Å². The van der Waals surface area contributed by atoms with Crippen molar-refractivity contribution in [2.24, 2.45) is 11.7 Å². The van der Waals surface area contributed by atoms with Crippen LogP contribution in [0, 0.1) is 5.92 Å². The lowest BCUT2D eigenvalue weighted by Crippen LogP contribution is -2.41. The monoisotopic (exact) mass is 475 g/mol. The Morgan fingerprint density at radius 1 is 1.18 bits per heavy atom. The fourth-order valence-electron chi connectivity index (χ4n) is 4.32. The number of thiocarbonyl (C=S) groups is 1. The number of amides is 3. The van der Waals surface area contributed by atoms with Crippen LogP contribution in [0.25, 0.3) is 0 Å². The highest BCUT2D eigenvalue weighted by Crippen LogP contribution is 2.22. The number of likely N-dealkylation sites (tertiary alicyclic amines) is 1. The lowest BCUT2D eigenvalue weighted by atomic mass is 9.96. The number of nitrogens with zero attached hydrogens (tertiary/aromatic N) is 3. The van der Waals surface area contributed by atoms with Crippen LogP contribution in [-0.4, -0.2) is 83.4 Å². The first-order valence-corrected chi connectivity index (χ1v) is 11.8. The molecular formula is C23H33N5O4S. The van der Waals surface area contributed by atoms with E-state index in [4.69, 9.17) is 22.7 Å². The van der Waals surface area contributed by atoms with Crippen molar-refractivity contribution in [1.29, 1.82) is 0 Å². The van der Waals surface area contributed by atoms with Crippen molar-refractivity contribution >= 4 is 40.7 Å². The lowest BCUT2D eigenvalue weighted by Gasteiger charge is -2.31. The van der Waals surface area contributed by atoms with Crippen molar-refractivity contribution in [1.82, 2.24) is 14.7 Å². The minimum absolute atomic E-state index is 0.0283. The summed E-state index contributed by atoms with van der Waals surface area (Å²) in [4.78, 5) is 42.3. The zero-order chi connectivity index (χ0) is 24.0. The van der Waals surface area contributed by atoms with Crippen LogP contribution in [0.15, 0.2) is 24.3 Å². The van der Waals surface area contributed by atoms with E-state index >= 15 is 0 Å². The molecule has 2 fully saturated rings. The second-order valence-electron chi connectivity index (χ2n) is 8.47. The zero-order valence-corrected chi connectivity index (χ0v) is 20.1. The minimum atomic E-state index is -0.606. The number of anilines is 1. The molecule has 9 nitrogen and oxygen atoms in total. The highest BCUT2D eigenvalue weighted by Gasteiger charge is 2.41. The van der Waals surface area contributed by atoms with Crippen molar-refractivity contribution in [3.63, 3.8) is 0 Å². The maximum atomic E-state index is 12.7. The Balaban J connectivity index is 1.51. The third-order valence-corrected chi connectivity index (χ3v) is 6.72. The van der Waals surface area contributed by atoms with Gasteiger partial charge in [-0.05, 0) is 82.3 Å². The second-order valence-corrected chi connectivity index (χ2v) is 8.84. The SMILES string of the molecule is CCOc1ccc(NC(=O)CC2C(=O)N(C)C(=S)N2CCCN2CCC(C(N)=O)CC2)cc1. The summed E-state index contributed by atoms with van der Waals surface area (Å²) in [6, 6.07) is 6.53. The molecule has 2 aliphatic rings. The van der Waals surface area contributed by atoms with E-state index in [-0.39, 0.29) is 30.1 Å². The first-order chi connectivity index (χ1) is 15.8. The molecule has 1 atom stereocenters. The Labute approximate surface area is 200 Å². The first-order valence-electron chi connectivity index (χ1n) is 11.4. The Morgan fingerprint density at radius 2 is 1.85 bits per heavy atom. The van der Waals surface area contributed by atoms with E-state index in [1.165, 1.54) is 4.90 Å². The Kier molecular flexibility index (Phi) is 8.62. The molecule has 3 N–H and O–H groups in total. The van der Waals surface area contributed by atoms with Crippen LogP contribution in [0.1, 0.15) is 32.6 Å². The molecule has 0 spiro atoms. The molecule has 0 radical (unpaired) electrons. The molecule has 0 aliphatic carbocycles. The van der Waals surface area contributed by atoms with Crippen LogP contribution in [-0.2, 0) is 14.4 Å². The van der Waals surface area contributed by atoms with E-state index in [1.807, 2.05) is 11.8 Å². The van der Waals surface area contributed by atoms with Crippen molar-refractivity contribution in [2.75, 3.05) is 45.2 Å². The van der Waals surface area contributed by atoms with Gasteiger partial charge in [0, 0.05) is 25.2 Å². The number of hydrogen-bond acceptors (Lipinski definition) is 6. The number of primary amides is 1. The standard InChI is InChI=1S/C23H33N5O4S/c1-3-32-18-7-5-17(6-8-18)25-20(29)15-19-22(31)26(2)23(33)28(19)12-4-11-27-13-9-16(10-14-27)21(24)30/h5-8,16,19H,3-4,9-15H2,1-2H3,(H2,24,30)(H,25,29). The van der Waals surface area contributed by atoms with Crippen LogP contribution in [0.4, 0.5) is 5.69 Å². The number of carbonyl (C=O) groups excluding carboxylic acids is 3. The van der Waals surface area contributed by atoms with Gasteiger partial charge in [-0.15, -0.1) is 0 Å². The molecular weight excluding hydrogens is 442 g/mol. The van der Waals surface area contributed by atoms with Crippen molar-refractivity contribution in [3.8, 4) is 5.75 Å². The fraction of sp³-hybridized carbons (Fsp3) is 0.565. The number of benzene rings is 1. The Hall–Kier alpha value is -2.72. The summed E-state index contributed by atoms with van der Waals surface area (Å²) in [7, 11) is 1.65. The molecule has 2 heterocycles. The van der Waals surface area contributed by atoms with Gasteiger partial charge in [0.2, 0.25) is 11.8 Å². The Bertz CT molecular complexity index is 870. The largest absolute Gasteiger partial charge is 0.494 e. The molecule has 180 valence electrons. The maximum absolute atomic E-state index is 12.7. The van der Waals surface area contributed by atoms with Gasteiger partial charge in [-0.3, -0.25) is 19.3 Å². The summed E-state index contributed by atoms with van der Waals surface area (Å²) in [5.41, 5.74) is 6.05. The lowest BCUT2D eigenvalue weighted by molar-refractivity contribution is -0.130. The summed E-state index contributed by atoms with van der Waals surface area (Å²) in [6.45, 7) is 5.59. The molecule has 1 unspecified atom stereocenters. The van der Waals surface area contributed by atoms with Gasteiger partial charge in [0.15, 0.2) is 5.11 Å². The van der Waals surface area contributed by atoms with Gasteiger partial charge in [-0.2, -0.15) is 0 Å². The number of nitrogens with one attached hydrogen (secondary N) is 1. The number of likely N-dealkylation sites (N-methyl/N-ethyl adjacent to an activating group) is 1. The van der Waals surface area contributed by atoms with Crippen molar-refractivity contribution < 1.29 is 19.1 Å². The molecule has 1 aromatic rings. The maximum Gasteiger partial charge on any atom is 0.251 e. The molecule has 0 aromatic heterocycles. The number of carbonyl (C=O) groups is 3. The van der Waals surface area contributed by atoms with Crippen molar-refractivity contribution in [3.05, 3.63) is 24.3 Å². The normalized spacial score (nSPS) is 19.8. The third-order valence-electron chi connectivity index (χ3n) is 6.22. The topological polar surface area (TPSA) is 108 Å². The van der Waals surface area contributed by atoms with Crippen LogP contribution < -0.4 is 15.8 Å². The molecule has 3 amide bonds. The third kappa shape index (κ3) is 6.42. The van der Waals surface area contributed by atoms with Gasteiger partial charge < -0.3 is 25.6 Å². The number of hydrogen-bond donors (Lipinski definition) is 2. The number of rotatable bonds is 10. The second kappa shape index (κ2) is 11.4.